The molecule has 0 aromatic heterocycles. The second-order valence-electron chi connectivity index (χ2n) is 8.83. The lowest BCUT2D eigenvalue weighted by Crippen LogP contribution is -2.45. The van der Waals surface area contributed by atoms with Gasteiger partial charge in [0.25, 0.3) is 0 Å². The number of nitrogens with zero attached hydrogens (tertiary/aromatic N) is 3. The SMILES string of the molecule is CC(Cc1ccccc1)N(C)C(=O)Oc1ccc2c(c1)C1(C)CCN(C)C1N2C. The minimum atomic E-state index is -0.315. The summed E-state index contributed by atoms with van der Waals surface area (Å²) in [6.45, 7) is 5.45. The molecule has 2 aromatic carbocycles. The van der Waals surface area contributed by atoms with Gasteiger partial charge in [-0.05, 0) is 56.1 Å². The monoisotopic (exact) mass is 393 g/mol. The normalized spacial score (nSPS) is 24.2. The van der Waals surface area contributed by atoms with Crippen LogP contribution in [0.2, 0.25) is 0 Å². The van der Waals surface area contributed by atoms with Crippen LogP contribution in [0.5, 0.6) is 5.75 Å². The number of ether oxygens (including phenoxy) is 1. The van der Waals surface area contributed by atoms with Gasteiger partial charge in [0.15, 0.2) is 0 Å². The molecule has 3 atom stereocenters. The quantitative estimate of drug-likeness (QED) is 0.783. The zero-order valence-corrected chi connectivity index (χ0v) is 18.1. The molecule has 0 N–H and O–H groups in total. The number of carbonyl (C=O) groups excluding carboxylic acids is 1. The first-order valence-corrected chi connectivity index (χ1v) is 10.4. The van der Waals surface area contributed by atoms with Crippen molar-refractivity contribution in [1.82, 2.24) is 9.80 Å². The van der Waals surface area contributed by atoms with Gasteiger partial charge in [0.1, 0.15) is 5.75 Å². The average molecular weight is 394 g/mol. The van der Waals surface area contributed by atoms with E-state index in [9.17, 15) is 4.79 Å². The van der Waals surface area contributed by atoms with Crippen LogP contribution in [-0.2, 0) is 11.8 Å². The molecule has 2 aliphatic rings. The number of amides is 1. The van der Waals surface area contributed by atoms with E-state index < -0.39 is 0 Å². The van der Waals surface area contributed by atoms with Gasteiger partial charge in [-0.25, -0.2) is 4.79 Å². The predicted octanol–water partition coefficient (Wildman–Crippen LogP) is 4.12. The Hall–Kier alpha value is -2.53. The molecular formula is C24H31N3O2. The van der Waals surface area contributed by atoms with Gasteiger partial charge in [-0.3, -0.25) is 4.90 Å². The van der Waals surface area contributed by atoms with Crippen LogP contribution in [0.15, 0.2) is 48.5 Å². The van der Waals surface area contributed by atoms with Crippen molar-refractivity contribution in [1.29, 1.82) is 0 Å². The molecule has 0 bridgehead atoms. The molecule has 1 saturated heterocycles. The highest BCUT2D eigenvalue weighted by Crippen LogP contribution is 2.51. The van der Waals surface area contributed by atoms with Gasteiger partial charge in [0.05, 0.1) is 6.17 Å². The number of anilines is 1. The molecule has 5 nitrogen and oxygen atoms in total. The van der Waals surface area contributed by atoms with E-state index in [-0.39, 0.29) is 17.6 Å². The number of fused-ring (bicyclic) bond motifs is 3. The fourth-order valence-corrected chi connectivity index (χ4v) is 5.06. The lowest BCUT2D eigenvalue weighted by Gasteiger charge is -2.32. The number of hydrogen-bond donors (Lipinski definition) is 0. The second kappa shape index (κ2) is 7.38. The minimum Gasteiger partial charge on any atom is -0.410 e. The number of likely N-dealkylation sites (tertiary alicyclic amines) is 1. The maximum absolute atomic E-state index is 12.8. The molecule has 2 aromatic rings. The first kappa shape index (κ1) is 19.8. The summed E-state index contributed by atoms with van der Waals surface area (Å²) < 4.78 is 5.77. The van der Waals surface area contributed by atoms with Gasteiger partial charge in [0, 0.05) is 37.8 Å². The van der Waals surface area contributed by atoms with Crippen LogP contribution >= 0.6 is 0 Å². The summed E-state index contributed by atoms with van der Waals surface area (Å²) in [6, 6.07) is 16.3. The second-order valence-corrected chi connectivity index (χ2v) is 8.83. The Morgan fingerprint density at radius 1 is 1.24 bits per heavy atom. The van der Waals surface area contributed by atoms with Crippen molar-refractivity contribution in [2.75, 3.05) is 32.6 Å². The lowest BCUT2D eigenvalue weighted by atomic mass is 9.81. The van der Waals surface area contributed by atoms with Crippen molar-refractivity contribution in [3.05, 3.63) is 59.7 Å². The predicted molar refractivity (Wildman–Crippen MR) is 117 cm³/mol. The third kappa shape index (κ3) is 3.38. The number of rotatable bonds is 4. The zero-order valence-electron chi connectivity index (χ0n) is 18.1. The fourth-order valence-electron chi connectivity index (χ4n) is 5.06. The summed E-state index contributed by atoms with van der Waals surface area (Å²) >= 11 is 0. The third-order valence-corrected chi connectivity index (χ3v) is 6.83. The van der Waals surface area contributed by atoms with E-state index in [0.717, 1.165) is 19.4 Å². The maximum atomic E-state index is 12.8. The van der Waals surface area contributed by atoms with E-state index in [0.29, 0.717) is 11.9 Å². The highest BCUT2D eigenvalue weighted by molar-refractivity contribution is 5.72. The van der Waals surface area contributed by atoms with E-state index >= 15 is 0 Å². The fraction of sp³-hybridized carbons (Fsp3) is 0.458. The summed E-state index contributed by atoms with van der Waals surface area (Å²) in [4.78, 5) is 19.2. The maximum Gasteiger partial charge on any atom is 0.415 e. The molecule has 0 spiro atoms. The van der Waals surface area contributed by atoms with Crippen LogP contribution in [0.25, 0.3) is 0 Å². The van der Waals surface area contributed by atoms with E-state index in [2.05, 4.69) is 55.1 Å². The molecular weight excluding hydrogens is 362 g/mol. The summed E-state index contributed by atoms with van der Waals surface area (Å²) in [5.41, 5.74) is 3.78. The van der Waals surface area contributed by atoms with Crippen molar-refractivity contribution in [2.45, 2.75) is 44.3 Å². The third-order valence-electron chi connectivity index (χ3n) is 6.83. The van der Waals surface area contributed by atoms with E-state index in [4.69, 9.17) is 4.74 Å². The summed E-state index contributed by atoms with van der Waals surface area (Å²) in [7, 11) is 6.14. The van der Waals surface area contributed by atoms with Crippen LogP contribution in [0.3, 0.4) is 0 Å². The molecule has 3 unspecified atom stereocenters. The molecule has 1 amide bonds. The molecule has 1 fully saturated rings. The van der Waals surface area contributed by atoms with Gasteiger partial charge >= 0.3 is 6.09 Å². The van der Waals surface area contributed by atoms with Gasteiger partial charge in [0.2, 0.25) is 0 Å². The van der Waals surface area contributed by atoms with E-state index in [1.54, 1.807) is 11.9 Å². The standard InChI is InChI=1S/C24H31N3O2/c1-17(15-18-9-7-6-8-10-18)26(4)23(28)29-19-11-12-21-20(16-19)24(2)13-14-25(3)22(24)27(21)5/h6-12,16-17,22H,13-15H2,1-5H3. The van der Waals surface area contributed by atoms with Gasteiger partial charge in [-0.2, -0.15) is 0 Å². The van der Waals surface area contributed by atoms with Crippen molar-refractivity contribution in [2.24, 2.45) is 0 Å². The molecule has 4 rings (SSSR count). The van der Waals surface area contributed by atoms with Crippen molar-refractivity contribution >= 4 is 11.8 Å². The summed E-state index contributed by atoms with van der Waals surface area (Å²) in [5, 5.41) is 0. The molecule has 0 radical (unpaired) electrons. The van der Waals surface area contributed by atoms with Crippen LogP contribution in [0.4, 0.5) is 10.5 Å². The molecule has 154 valence electrons. The lowest BCUT2D eigenvalue weighted by molar-refractivity contribution is 0.148. The molecule has 0 saturated carbocycles. The average Bonchev–Trinajstić information content (AvgIpc) is 3.13. The molecule has 5 heteroatoms. The van der Waals surface area contributed by atoms with Crippen LogP contribution < -0.4 is 9.64 Å². The van der Waals surface area contributed by atoms with Gasteiger partial charge in [-0.15, -0.1) is 0 Å². The Labute approximate surface area is 173 Å². The van der Waals surface area contributed by atoms with Crippen LogP contribution in [-0.4, -0.2) is 55.8 Å². The number of benzene rings is 2. The number of likely N-dealkylation sites (N-methyl/N-ethyl adjacent to an activating group) is 3. The molecule has 29 heavy (non-hydrogen) atoms. The molecule has 0 aliphatic carbocycles. The Bertz CT molecular complexity index is 900. The Balaban J connectivity index is 1.48. The molecule has 2 heterocycles. The van der Waals surface area contributed by atoms with Gasteiger partial charge < -0.3 is 14.5 Å². The van der Waals surface area contributed by atoms with Crippen molar-refractivity contribution < 1.29 is 9.53 Å². The first-order chi connectivity index (χ1) is 13.8. The van der Waals surface area contributed by atoms with Crippen molar-refractivity contribution in [3.63, 3.8) is 0 Å². The van der Waals surface area contributed by atoms with E-state index in [1.807, 2.05) is 31.2 Å². The smallest absolute Gasteiger partial charge is 0.410 e. The Morgan fingerprint density at radius 3 is 2.69 bits per heavy atom. The Morgan fingerprint density at radius 2 is 1.97 bits per heavy atom. The van der Waals surface area contributed by atoms with Crippen LogP contribution in [0.1, 0.15) is 31.4 Å². The summed E-state index contributed by atoms with van der Waals surface area (Å²) in [6.07, 6.45) is 1.95. The Kier molecular flexibility index (Phi) is 5.03. The highest BCUT2D eigenvalue weighted by atomic mass is 16.6. The van der Waals surface area contributed by atoms with Crippen molar-refractivity contribution in [3.8, 4) is 5.75 Å². The minimum absolute atomic E-state index is 0.0517. The largest absolute Gasteiger partial charge is 0.415 e. The highest BCUT2D eigenvalue weighted by Gasteiger charge is 2.52. The topological polar surface area (TPSA) is 36.0 Å². The van der Waals surface area contributed by atoms with Crippen LogP contribution in [0, 0.1) is 0 Å². The molecule has 2 aliphatic heterocycles. The summed E-state index contributed by atoms with van der Waals surface area (Å²) in [5.74, 6) is 0.623. The zero-order chi connectivity index (χ0) is 20.8. The number of hydrogen-bond acceptors (Lipinski definition) is 4. The van der Waals surface area contributed by atoms with E-state index in [1.165, 1.54) is 16.8 Å². The first-order valence-electron chi connectivity index (χ1n) is 10.4. The van der Waals surface area contributed by atoms with Gasteiger partial charge in [-0.1, -0.05) is 37.3 Å². The number of carbonyl (C=O) groups is 1.